The zero-order chi connectivity index (χ0) is 16.2. The molecule has 0 saturated carbocycles. The molecule has 3 rings (SSSR count). The number of nitrogens with one attached hydrogen (secondary N) is 1. The number of carbonyl (C=O) groups excluding carboxylic acids is 1. The van der Waals surface area contributed by atoms with Gasteiger partial charge in [-0.3, -0.25) is 4.79 Å². The Morgan fingerprint density at radius 2 is 2.09 bits per heavy atom. The van der Waals surface area contributed by atoms with Gasteiger partial charge in [0.05, 0.1) is 13.2 Å². The number of benzene rings is 1. The normalized spacial score (nSPS) is 11.0. The number of hydrogen-bond acceptors (Lipinski definition) is 2. The number of aromatic nitrogens is 2. The van der Waals surface area contributed by atoms with Crippen molar-refractivity contribution < 1.29 is 9.53 Å². The van der Waals surface area contributed by atoms with Crippen LogP contribution in [0.15, 0.2) is 48.8 Å². The summed E-state index contributed by atoms with van der Waals surface area (Å²) in [4.78, 5) is 12.3. The number of hydrogen-bond donors (Lipinski definition) is 1. The molecule has 1 N–H and O–H groups in total. The van der Waals surface area contributed by atoms with Crippen LogP contribution < -0.4 is 5.32 Å². The van der Waals surface area contributed by atoms with Gasteiger partial charge in [0.1, 0.15) is 0 Å². The summed E-state index contributed by atoms with van der Waals surface area (Å²) < 4.78 is 9.24. The van der Waals surface area contributed by atoms with E-state index in [9.17, 15) is 4.79 Å². The minimum absolute atomic E-state index is 0.0576. The Kier molecular flexibility index (Phi) is 4.48. The number of carbonyl (C=O) groups is 1. The minimum Gasteiger partial charge on any atom is -0.383 e. The van der Waals surface area contributed by atoms with Crippen molar-refractivity contribution in [1.29, 1.82) is 0 Å². The van der Waals surface area contributed by atoms with E-state index in [0.717, 1.165) is 23.1 Å². The maximum absolute atomic E-state index is 12.3. The molecular formula is C18H21N3O2. The Morgan fingerprint density at radius 1 is 1.22 bits per heavy atom. The number of rotatable bonds is 6. The number of ether oxygens (including phenoxy) is 1. The molecule has 1 aromatic carbocycles. The summed E-state index contributed by atoms with van der Waals surface area (Å²) in [5.41, 5.74) is 2.86. The van der Waals surface area contributed by atoms with Gasteiger partial charge < -0.3 is 19.2 Å². The second-order valence-corrected chi connectivity index (χ2v) is 5.57. The van der Waals surface area contributed by atoms with E-state index in [1.807, 2.05) is 60.4 Å². The Labute approximate surface area is 135 Å². The van der Waals surface area contributed by atoms with Crippen molar-refractivity contribution in [2.45, 2.75) is 13.1 Å². The van der Waals surface area contributed by atoms with Crippen molar-refractivity contribution in [2.75, 3.05) is 13.7 Å². The van der Waals surface area contributed by atoms with Crippen molar-refractivity contribution in [3.63, 3.8) is 0 Å². The summed E-state index contributed by atoms with van der Waals surface area (Å²) in [5, 5.41) is 4.02. The van der Waals surface area contributed by atoms with Gasteiger partial charge in [-0.15, -0.1) is 0 Å². The van der Waals surface area contributed by atoms with Crippen LogP contribution in [0.3, 0.4) is 0 Å². The molecule has 3 aromatic rings. The third kappa shape index (κ3) is 3.29. The molecular weight excluding hydrogens is 290 g/mol. The predicted molar refractivity (Wildman–Crippen MR) is 90.4 cm³/mol. The smallest absolute Gasteiger partial charge is 0.251 e. The summed E-state index contributed by atoms with van der Waals surface area (Å²) in [6, 6.07) is 11.8. The Hall–Kier alpha value is -2.53. The summed E-state index contributed by atoms with van der Waals surface area (Å²) >= 11 is 0. The standard InChI is InChI=1S/C18H21N3O2/c1-20-8-3-4-16(20)13-19-18(22)15-5-6-17-14(12-15)7-9-21(17)10-11-23-2/h3-9,12H,10-11,13H2,1-2H3,(H,19,22). The Bertz CT molecular complexity index is 817. The van der Waals surface area contributed by atoms with Crippen LogP contribution in [-0.4, -0.2) is 28.8 Å². The van der Waals surface area contributed by atoms with Crippen LogP contribution in [0.1, 0.15) is 16.1 Å². The third-order valence-corrected chi connectivity index (χ3v) is 4.05. The van der Waals surface area contributed by atoms with Gasteiger partial charge in [-0.1, -0.05) is 0 Å². The average molecular weight is 311 g/mol. The lowest BCUT2D eigenvalue weighted by molar-refractivity contribution is 0.0950. The molecule has 1 amide bonds. The molecule has 0 aliphatic carbocycles. The van der Waals surface area contributed by atoms with Gasteiger partial charge in [-0.2, -0.15) is 0 Å². The molecule has 0 spiro atoms. The molecule has 0 aliphatic rings. The summed E-state index contributed by atoms with van der Waals surface area (Å²) in [5.74, 6) is -0.0576. The van der Waals surface area contributed by atoms with Crippen LogP contribution in [0.25, 0.3) is 10.9 Å². The number of amides is 1. The van der Waals surface area contributed by atoms with Crippen molar-refractivity contribution >= 4 is 16.8 Å². The van der Waals surface area contributed by atoms with E-state index in [-0.39, 0.29) is 5.91 Å². The highest BCUT2D eigenvalue weighted by Gasteiger charge is 2.09. The molecule has 23 heavy (non-hydrogen) atoms. The van der Waals surface area contributed by atoms with E-state index < -0.39 is 0 Å². The second kappa shape index (κ2) is 6.71. The van der Waals surface area contributed by atoms with Gasteiger partial charge in [-0.05, 0) is 36.4 Å². The van der Waals surface area contributed by atoms with Crippen molar-refractivity contribution in [3.05, 3.63) is 60.0 Å². The maximum Gasteiger partial charge on any atom is 0.251 e. The molecule has 5 heteroatoms. The molecule has 2 heterocycles. The molecule has 0 fully saturated rings. The zero-order valence-electron chi connectivity index (χ0n) is 13.5. The van der Waals surface area contributed by atoms with Crippen LogP contribution in [-0.2, 0) is 24.9 Å². The van der Waals surface area contributed by atoms with Crippen LogP contribution in [0.5, 0.6) is 0 Å². The minimum atomic E-state index is -0.0576. The Balaban J connectivity index is 1.72. The lowest BCUT2D eigenvalue weighted by Crippen LogP contribution is -2.23. The maximum atomic E-state index is 12.3. The fourth-order valence-electron chi connectivity index (χ4n) is 2.68. The van der Waals surface area contributed by atoms with Gasteiger partial charge in [-0.25, -0.2) is 0 Å². The van der Waals surface area contributed by atoms with Crippen molar-refractivity contribution in [3.8, 4) is 0 Å². The molecule has 0 aliphatic heterocycles. The molecule has 5 nitrogen and oxygen atoms in total. The van der Waals surface area contributed by atoms with Gasteiger partial charge in [0, 0.05) is 55.3 Å². The van der Waals surface area contributed by atoms with Gasteiger partial charge >= 0.3 is 0 Å². The van der Waals surface area contributed by atoms with Crippen LogP contribution in [0.2, 0.25) is 0 Å². The van der Waals surface area contributed by atoms with E-state index in [1.54, 1.807) is 7.11 Å². The highest BCUT2D eigenvalue weighted by molar-refractivity contribution is 5.98. The first-order chi connectivity index (χ1) is 11.2. The summed E-state index contributed by atoms with van der Waals surface area (Å²) in [6.45, 7) is 2.00. The fraction of sp³-hybridized carbons (Fsp3) is 0.278. The van der Waals surface area contributed by atoms with E-state index in [2.05, 4.69) is 9.88 Å². The van der Waals surface area contributed by atoms with Gasteiger partial charge in [0.25, 0.3) is 5.91 Å². The fourth-order valence-corrected chi connectivity index (χ4v) is 2.68. The number of fused-ring (bicyclic) bond motifs is 1. The molecule has 120 valence electrons. The van der Waals surface area contributed by atoms with E-state index in [0.29, 0.717) is 18.7 Å². The summed E-state index contributed by atoms with van der Waals surface area (Å²) in [7, 11) is 3.66. The number of methoxy groups -OCH3 is 1. The highest BCUT2D eigenvalue weighted by Crippen LogP contribution is 2.18. The largest absolute Gasteiger partial charge is 0.383 e. The molecule has 2 aromatic heterocycles. The molecule has 0 bridgehead atoms. The van der Waals surface area contributed by atoms with Crippen molar-refractivity contribution in [1.82, 2.24) is 14.5 Å². The zero-order valence-corrected chi connectivity index (χ0v) is 13.5. The molecule has 0 unspecified atom stereocenters. The van der Waals surface area contributed by atoms with Crippen LogP contribution in [0.4, 0.5) is 0 Å². The average Bonchev–Trinajstić information content (AvgIpc) is 3.16. The number of aryl methyl sites for hydroxylation is 1. The lowest BCUT2D eigenvalue weighted by atomic mass is 10.1. The first-order valence-electron chi connectivity index (χ1n) is 7.65. The Morgan fingerprint density at radius 3 is 2.83 bits per heavy atom. The van der Waals surface area contributed by atoms with E-state index >= 15 is 0 Å². The quantitative estimate of drug-likeness (QED) is 0.760. The van der Waals surface area contributed by atoms with E-state index in [1.165, 1.54) is 0 Å². The first-order valence-corrected chi connectivity index (χ1v) is 7.65. The highest BCUT2D eigenvalue weighted by atomic mass is 16.5. The summed E-state index contributed by atoms with van der Waals surface area (Å²) in [6.07, 6.45) is 3.99. The van der Waals surface area contributed by atoms with Gasteiger partial charge in [0.15, 0.2) is 0 Å². The molecule has 0 saturated heterocycles. The molecule has 0 atom stereocenters. The topological polar surface area (TPSA) is 48.2 Å². The van der Waals surface area contributed by atoms with Crippen molar-refractivity contribution in [2.24, 2.45) is 7.05 Å². The third-order valence-electron chi connectivity index (χ3n) is 4.05. The lowest BCUT2D eigenvalue weighted by Gasteiger charge is -2.08. The SMILES string of the molecule is COCCn1ccc2cc(C(=O)NCc3cccn3C)ccc21. The predicted octanol–water partition coefficient (Wildman–Crippen LogP) is 2.56. The van der Waals surface area contributed by atoms with Crippen LogP contribution >= 0.6 is 0 Å². The number of nitrogens with zero attached hydrogens (tertiary/aromatic N) is 2. The monoisotopic (exact) mass is 311 g/mol. The first kappa shape index (κ1) is 15.4. The van der Waals surface area contributed by atoms with E-state index in [4.69, 9.17) is 4.74 Å². The molecule has 0 radical (unpaired) electrons. The van der Waals surface area contributed by atoms with Crippen LogP contribution in [0, 0.1) is 0 Å². The van der Waals surface area contributed by atoms with Gasteiger partial charge in [0.2, 0.25) is 0 Å². The second-order valence-electron chi connectivity index (χ2n) is 5.57.